The number of hydrogen-bond acceptors (Lipinski definition) is 5. The predicted molar refractivity (Wildman–Crippen MR) is 138 cm³/mol. The van der Waals surface area contributed by atoms with Crippen molar-refractivity contribution < 1.29 is 19.1 Å². The Morgan fingerprint density at radius 3 is 2.94 bits per heavy atom. The summed E-state index contributed by atoms with van der Waals surface area (Å²) in [5, 5.41) is 8.01. The van der Waals surface area contributed by atoms with E-state index in [2.05, 4.69) is 22.1 Å². The molecule has 5 rings (SSSR count). The van der Waals surface area contributed by atoms with Crippen molar-refractivity contribution >= 4 is 34.6 Å². The van der Waals surface area contributed by atoms with Crippen LogP contribution in [0.1, 0.15) is 34.6 Å². The number of anilines is 2. The van der Waals surface area contributed by atoms with Crippen molar-refractivity contribution in [3.8, 4) is 5.75 Å². The van der Waals surface area contributed by atoms with Gasteiger partial charge in [0.05, 0.1) is 26.2 Å². The molecule has 2 atom stereocenters. The van der Waals surface area contributed by atoms with E-state index in [4.69, 9.17) is 9.47 Å². The molecule has 0 saturated carbocycles. The first kappa shape index (κ1) is 23.4. The first-order chi connectivity index (χ1) is 17.0. The zero-order valence-electron chi connectivity index (χ0n) is 19.9. The molecule has 0 saturated heterocycles. The minimum Gasteiger partial charge on any atom is -0.497 e. The highest BCUT2D eigenvalue weighted by Crippen LogP contribution is 2.34. The standard InChI is InChI=1S/C27H29N3O4S/c1-17(26-22-10-13-35-24(22)9-12-34-26)28-27(32)29-20-7-6-19-8-11-30(23(19)16-20)25(31)15-18-4-3-5-21(14-18)33-2/h3-7,10,13-14,16-17,26H,8-9,11-12,15H2,1-2H3,(H2,28,29,32). The molecule has 8 heteroatoms. The molecule has 2 unspecified atom stereocenters. The first-order valence-electron chi connectivity index (χ1n) is 11.8. The quantitative estimate of drug-likeness (QED) is 0.523. The maximum Gasteiger partial charge on any atom is 0.319 e. The van der Waals surface area contributed by atoms with Crippen LogP contribution in [0, 0.1) is 0 Å². The van der Waals surface area contributed by atoms with Gasteiger partial charge in [0.2, 0.25) is 5.91 Å². The third-order valence-electron chi connectivity index (χ3n) is 6.56. The van der Waals surface area contributed by atoms with Crippen molar-refractivity contribution in [2.24, 2.45) is 0 Å². The number of thiophene rings is 1. The van der Waals surface area contributed by atoms with Crippen LogP contribution >= 0.6 is 11.3 Å². The fourth-order valence-electron chi connectivity index (χ4n) is 4.81. The normalized spacial score (nSPS) is 17.3. The molecule has 0 bridgehead atoms. The molecule has 3 heterocycles. The zero-order valence-corrected chi connectivity index (χ0v) is 20.7. The van der Waals surface area contributed by atoms with Gasteiger partial charge in [0, 0.05) is 29.2 Å². The van der Waals surface area contributed by atoms with Crippen molar-refractivity contribution in [3.63, 3.8) is 0 Å². The van der Waals surface area contributed by atoms with Gasteiger partial charge in [-0.05, 0) is 65.7 Å². The topological polar surface area (TPSA) is 79.9 Å². The molecular formula is C27H29N3O4S. The van der Waals surface area contributed by atoms with Crippen LogP contribution in [-0.2, 0) is 28.8 Å². The second-order valence-electron chi connectivity index (χ2n) is 8.89. The lowest BCUT2D eigenvalue weighted by Crippen LogP contribution is -2.41. The number of methoxy groups -OCH3 is 1. The highest BCUT2D eigenvalue weighted by molar-refractivity contribution is 7.10. The molecule has 0 fully saturated rings. The van der Waals surface area contributed by atoms with E-state index in [1.165, 1.54) is 4.88 Å². The fraction of sp³-hybridized carbons (Fsp3) is 0.333. The number of urea groups is 1. The van der Waals surface area contributed by atoms with E-state index in [9.17, 15) is 9.59 Å². The van der Waals surface area contributed by atoms with E-state index in [1.54, 1.807) is 23.3 Å². The smallest absolute Gasteiger partial charge is 0.319 e. The summed E-state index contributed by atoms with van der Waals surface area (Å²) in [6, 6.07) is 14.9. The van der Waals surface area contributed by atoms with Crippen molar-refractivity contribution in [2.75, 3.05) is 30.5 Å². The van der Waals surface area contributed by atoms with Gasteiger partial charge in [-0.25, -0.2) is 4.79 Å². The fourth-order valence-corrected chi connectivity index (χ4v) is 5.71. The van der Waals surface area contributed by atoms with Gasteiger partial charge in [0.15, 0.2) is 0 Å². The highest BCUT2D eigenvalue weighted by Gasteiger charge is 2.29. The summed E-state index contributed by atoms with van der Waals surface area (Å²) in [7, 11) is 1.62. The number of carbonyl (C=O) groups excluding carboxylic acids is 2. The Kier molecular flexibility index (Phi) is 6.74. The third kappa shape index (κ3) is 5.04. The van der Waals surface area contributed by atoms with Crippen LogP contribution in [-0.4, -0.2) is 38.2 Å². The zero-order chi connectivity index (χ0) is 24.4. The van der Waals surface area contributed by atoms with Gasteiger partial charge >= 0.3 is 6.03 Å². The second kappa shape index (κ2) is 10.1. The van der Waals surface area contributed by atoms with Crippen LogP contribution in [0.25, 0.3) is 0 Å². The van der Waals surface area contributed by atoms with Gasteiger partial charge in [-0.3, -0.25) is 4.79 Å². The lowest BCUT2D eigenvalue weighted by molar-refractivity contribution is -0.117. The summed E-state index contributed by atoms with van der Waals surface area (Å²) in [6.45, 7) is 3.25. The van der Waals surface area contributed by atoms with Gasteiger partial charge < -0.3 is 25.0 Å². The SMILES string of the molecule is COc1cccc(CC(=O)N2CCc3ccc(NC(=O)NC(C)C4OCCc5sccc54)cc32)c1. The van der Waals surface area contributed by atoms with Gasteiger partial charge in [0.1, 0.15) is 11.9 Å². The summed E-state index contributed by atoms with van der Waals surface area (Å²) in [5.74, 6) is 0.755. The largest absolute Gasteiger partial charge is 0.497 e. The number of nitrogens with zero attached hydrogens (tertiary/aromatic N) is 1. The van der Waals surface area contributed by atoms with Gasteiger partial charge in [-0.1, -0.05) is 18.2 Å². The van der Waals surface area contributed by atoms with Gasteiger partial charge in [0.25, 0.3) is 0 Å². The van der Waals surface area contributed by atoms with E-state index < -0.39 is 0 Å². The molecule has 182 valence electrons. The Balaban J connectivity index is 1.23. The van der Waals surface area contributed by atoms with Crippen molar-refractivity contribution in [1.29, 1.82) is 0 Å². The number of rotatable bonds is 6. The average Bonchev–Trinajstić information content (AvgIpc) is 3.50. The van der Waals surface area contributed by atoms with Crippen LogP contribution in [0.3, 0.4) is 0 Å². The molecule has 2 N–H and O–H groups in total. The summed E-state index contributed by atoms with van der Waals surface area (Å²) < 4.78 is 11.2. The Morgan fingerprint density at radius 2 is 2.09 bits per heavy atom. The average molecular weight is 492 g/mol. The number of fused-ring (bicyclic) bond motifs is 2. The molecule has 35 heavy (non-hydrogen) atoms. The minimum atomic E-state index is -0.296. The number of ether oxygens (including phenoxy) is 2. The molecule has 7 nitrogen and oxygen atoms in total. The van der Waals surface area contributed by atoms with E-state index >= 15 is 0 Å². The Morgan fingerprint density at radius 1 is 1.20 bits per heavy atom. The summed E-state index contributed by atoms with van der Waals surface area (Å²) in [4.78, 5) is 29.0. The molecule has 1 aromatic heterocycles. The van der Waals surface area contributed by atoms with Crippen LogP contribution in [0.2, 0.25) is 0 Å². The number of benzene rings is 2. The Labute approximate surface area is 209 Å². The number of carbonyl (C=O) groups is 2. The summed E-state index contributed by atoms with van der Waals surface area (Å²) in [6.07, 6.45) is 1.86. The van der Waals surface area contributed by atoms with Crippen LogP contribution in [0.5, 0.6) is 5.75 Å². The summed E-state index contributed by atoms with van der Waals surface area (Å²) in [5.41, 5.74) is 4.67. The molecular weight excluding hydrogens is 462 g/mol. The molecule has 0 radical (unpaired) electrons. The predicted octanol–water partition coefficient (Wildman–Crippen LogP) is 4.71. The highest BCUT2D eigenvalue weighted by atomic mass is 32.1. The maximum absolute atomic E-state index is 13.1. The Bertz CT molecular complexity index is 1240. The van der Waals surface area contributed by atoms with Crippen molar-refractivity contribution in [1.82, 2.24) is 5.32 Å². The summed E-state index contributed by atoms with van der Waals surface area (Å²) >= 11 is 1.74. The molecule has 0 aliphatic carbocycles. The molecule has 3 amide bonds. The van der Waals surface area contributed by atoms with E-state index in [-0.39, 0.29) is 30.5 Å². The molecule has 2 aromatic carbocycles. The van der Waals surface area contributed by atoms with E-state index in [0.717, 1.165) is 41.0 Å². The van der Waals surface area contributed by atoms with Crippen molar-refractivity contribution in [2.45, 2.75) is 38.3 Å². The second-order valence-corrected chi connectivity index (χ2v) is 9.90. The number of nitrogens with one attached hydrogen (secondary N) is 2. The van der Waals surface area contributed by atoms with Crippen LogP contribution in [0.4, 0.5) is 16.2 Å². The van der Waals surface area contributed by atoms with Gasteiger partial charge in [-0.2, -0.15) is 0 Å². The van der Waals surface area contributed by atoms with Crippen LogP contribution in [0.15, 0.2) is 53.9 Å². The monoisotopic (exact) mass is 491 g/mol. The Hall–Kier alpha value is -3.36. The van der Waals surface area contributed by atoms with E-state index in [1.807, 2.05) is 49.4 Å². The lowest BCUT2D eigenvalue weighted by atomic mass is 10.0. The van der Waals surface area contributed by atoms with Crippen molar-refractivity contribution in [3.05, 3.63) is 75.5 Å². The molecule has 2 aliphatic rings. The first-order valence-corrected chi connectivity index (χ1v) is 12.7. The number of hydrogen-bond donors (Lipinski definition) is 2. The van der Waals surface area contributed by atoms with E-state index in [0.29, 0.717) is 18.8 Å². The molecule has 2 aliphatic heterocycles. The minimum absolute atomic E-state index is 0.0215. The molecule has 3 aromatic rings. The lowest BCUT2D eigenvalue weighted by Gasteiger charge is -2.29. The van der Waals surface area contributed by atoms with Crippen LogP contribution < -0.4 is 20.3 Å². The maximum atomic E-state index is 13.1. The van der Waals surface area contributed by atoms with Gasteiger partial charge in [-0.15, -0.1) is 11.3 Å². The third-order valence-corrected chi connectivity index (χ3v) is 7.55. The molecule has 0 spiro atoms. The number of amides is 3.